The number of carbonyl (C=O) groups is 2. The second kappa shape index (κ2) is 10.7. The van der Waals surface area contributed by atoms with Crippen LogP contribution in [0.3, 0.4) is 0 Å². The molecular formula is C32H32N2O5. The van der Waals surface area contributed by atoms with Gasteiger partial charge < -0.3 is 25.2 Å². The van der Waals surface area contributed by atoms with Crippen LogP contribution in [0.4, 0.5) is 5.69 Å². The van der Waals surface area contributed by atoms with Gasteiger partial charge in [-0.05, 0) is 73.7 Å². The Morgan fingerprint density at radius 1 is 0.897 bits per heavy atom. The Morgan fingerprint density at radius 3 is 2.23 bits per heavy atom. The van der Waals surface area contributed by atoms with Crippen molar-refractivity contribution in [2.45, 2.75) is 38.5 Å². The van der Waals surface area contributed by atoms with Gasteiger partial charge in [-0.25, -0.2) is 0 Å². The lowest BCUT2D eigenvalue weighted by atomic mass is 9.71. The summed E-state index contributed by atoms with van der Waals surface area (Å²) in [5.41, 5.74) is 6.11. The van der Waals surface area contributed by atoms with E-state index in [0.29, 0.717) is 46.9 Å². The minimum absolute atomic E-state index is 0.0188. The van der Waals surface area contributed by atoms with Gasteiger partial charge in [0.05, 0.1) is 14.2 Å². The number of amides is 1. The molecular weight excluding hydrogens is 492 g/mol. The number of Topliss-reactive ketones (excluding diaryl/α,β-unsaturated/α-hetero) is 1. The molecule has 3 aromatic carbocycles. The Hall–Kier alpha value is -4.52. The molecule has 2 atom stereocenters. The first-order valence-corrected chi connectivity index (χ1v) is 12.9. The van der Waals surface area contributed by atoms with Crippen molar-refractivity contribution in [2.24, 2.45) is 0 Å². The number of anilines is 1. The quantitative estimate of drug-likeness (QED) is 0.382. The van der Waals surface area contributed by atoms with Crippen LogP contribution in [0.25, 0.3) is 0 Å². The Labute approximate surface area is 228 Å². The molecule has 1 amide bonds. The number of hydrogen-bond acceptors (Lipinski definition) is 6. The number of phenols is 1. The first kappa shape index (κ1) is 26.1. The largest absolute Gasteiger partial charge is 0.508 e. The summed E-state index contributed by atoms with van der Waals surface area (Å²) < 4.78 is 10.9. The van der Waals surface area contributed by atoms with Gasteiger partial charge >= 0.3 is 0 Å². The highest BCUT2D eigenvalue weighted by Crippen LogP contribution is 2.46. The third kappa shape index (κ3) is 5.12. The number of carbonyl (C=O) groups excluding carboxylic acids is 2. The topological polar surface area (TPSA) is 96.9 Å². The molecule has 5 rings (SSSR count). The van der Waals surface area contributed by atoms with E-state index < -0.39 is 5.92 Å². The fraction of sp³-hybridized carbons (Fsp3) is 0.250. The van der Waals surface area contributed by atoms with E-state index in [0.717, 1.165) is 22.4 Å². The van der Waals surface area contributed by atoms with Crippen LogP contribution in [-0.4, -0.2) is 31.0 Å². The van der Waals surface area contributed by atoms with Crippen LogP contribution < -0.4 is 20.1 Å². The van der Waals surface area contributed by atoms with E-state index in [1.54, 1.807) is 38.5 Å². The molecule has 0 spiro atoms. The molecule has 0 fully saturated rings. The number of nitrogens with one attached hydrogen (secondary N) is 2. The van der Waals surface area contributed by atoms with E-state index in [9.17, 15) is 14.7 Å². The maximum Gasteiger partial charge on any atom is 0.254 e. The van der Waals surface area contributed by atoms with Gasteiger partial charge in [0.1, 0.15) is 5.75 Å². The number of allylic oxidation sites excluding steroid dienone is 3. The minimum atomic E-state index is -0.564. The summed E-state index contributed by atoms with van der Waals surface area (Å²) in [6.45, 7) is 3.86. The molecule has 0 saturated carbocycles. The van der Waals surface area contributed by atoms with Gasteiger partial charge in [-0.1, -0.05) is 35.9 Å². The third-order valence-electron chi connectivity index (χ3n) is 7.49. The summed E-state index contributed by atoms with van der Waals surface area (Å²) in [4.78, 5) is 27.5. The fourth-order valence-corrected chi connectivity index (χ4v) is 5.52. The molecule has 1 aliphatic heterocycles. The number of ketones is 1. The Bertz CT molecular complexity index is 1490. The second-order valence-corrected chi connectivity index (χ2v) is 10.0. The van der Waals surface area contributed by atoms with Crippen LogP contribution in [-0.2, 0) is 9.59 Å². The monoisotopic (exact) mass is 524 g/mol. The van der Waals surface area contributed by atoms with Crippen LogP contribution in [0.5, 0.6) is 17.2 Å². The Balaban J connectivity index is 1.53. The van der Waals surface area contributed by atoms with Gasteiger partial charge in [-0.15, -0.1) is 0 Å². The molecule has 0 aromatic heterocycles. The van der Waals surface area contributed by atoms with E-state index in [-0.39, 0.29) is 23.4 Å². The third-order valence-corrected chi connectivity index (χ3v) is 7.49. The molecule has 1 aliphatic carbocycles. The molecule has 3 aromatic rings. The standard InChI is InChI=1S/C32H32N2O5/c1-18-5-10-23(11-6-18)34-32(37)29-19(2)33-25-15-22(21-9-14-27(38-3)28(17-21)39-4)16-26(36)31(25)30(29)20-7-12-24(35)13-8-20/h5-14,17,22,30,33,35H,15-16H2,1-4H3,(H,34,37)/t22-,30-/m0/s1. The van der Waals surface area contributed by atoms with Crippen LogP contribution in [0.1, 0.15) is 48.3 Å². The normalized spacial score (nSPS) is 18.8. The van der Waals surface area contributed by atoms with E-state index in [1.807, 2.05) is 56.3 Å². The lowest BCUT2D eigenvalue weighted by Crippen LogP contribution is -2.37. The molecule has 3 N–H and O–H groups in total. The van der Waals surface area contributed by atoms with E-state index in [1.165, 1.54) is 0 Å². The molecule has 0 unspecified atom stereocenters. The number of rotatable bonds is 6. The lowest BCUT2D eigenvalue weighted by Gasteiger charge is -2.37. The van der Waals surface area contributed by atoms with Crippen molar-refractivity contribution in [1.82, 2.24) is 5.32 Å². The number of benzene rings is 3. The Morgan fingerprint density at radius 2 is 1.56 bits per heavy atom. The van der Waals surface area contributed by atoms with Crippen molar-refractivity contribution in [3.8, 4) is 17.2 Å². The van der Waals surface area contributed by atoms with E-state index in [2.05, 4.69) is 10.6 Å². The van der Waals surface area contributed by atoms with E-state index in [4.69, 9.17) is 9.47 Å². The van der Waals surface area contributed by atoms with Gasteiger partial charge in [0.25, 0.3) is 5.91 Å². The first-order valence-electron chi connectivity index (χ1n) is 12.9. The molecule has 200 valence electrons. The predicted molar refractivity (Wildman–Crippen MR) is 150 cm³/mol. The highest BCUT2D eigenvalue weighted by Gasteiger charge is 2.41. The number of aryl methyl sites for hydroxylation is 1. The molecule has 2 aliphatic rings. The van der Waals surface area contributed by atoms with Gasteiger partial charge in [0.15, 0.2) is 17.3 Å². The summed E-state index contributed by atoms with van der Waals surface area (Å²) in [5, 5.41) is 16.3. The number of ether oxygens (including phenoxy) is 2. The SMILES string of the molecule is COc1ccc([C@@H]2CC(=O)C3=C(C2)NC(C)=C(C(=O)Nc2ccc(C)cc2)[C@@H]3c2ccc(O)cc2)cc1OC. The summed E-state index contributed by atoms with van der Waals surface area (Å²) >= 11 is 0. The molecule has 0 saturated heterocycles. The average molecular weight is 525 g/mol. The lowest BCUT2D eigenvalue weighted by molar-refractivity contribution is -0.116. The van der Waals surface area contributed by atoms with Crippen LogP contribution in [0.2, 0.25) is 0 Å². The van der Waals surface area contributed by atoms with Gasteiger partial charge in [-0.2, -0.15) is 0 Å². The van der Waals surface area contributed by atoms with Crippen molar-refractivity contribution < 1.29 is 24.2 Å². The number of aromatic hydroxyl groups is 1. The highest BCUT2D eigenvalue weighted by atomic mass is 16.5. The van der Waals surface area contributed by atoms with Crippen molar-refractivity contribution >= 4 is 17.4 Å². The first-order chi connectivity index (χ1) is 18.8. The zero-order valence-corrected chi connectivity index (χ0v) is 22.5. The smallest absolute Gasteiger partial charge is 0.254 e. The Kier molecular flexibility index (Phi) is 7.15. The summed E-state index contributed by atoms with van der Waals surface area (Å²) in [6.07, 6.45) is 0.909. The van der Waals surface area contributed by atoms with Crippen LogP contribution in [0, 0.1) is 6.92 Å². The van der Waals surface area contributed by atoms with Gasteiger partial charge in [0.2, 0.25) is 0 Å². The summed E-state index contributed by atoms with van der Waals surface area (Å²) in [5.74, 6) is 0.460. The number of methoxy groups -OCH3 is 2. The number of dihydropyridines is 1. The van der Waals surface area contributed by atoms with Crippen molar-refractivity contribution in [3.63, 3.8) is 0 Å². The molecule has 7 nitrogen and oxygen atoms in total. The van der Waals surface area contributed by atoms with Crippen molar-refractivity contribution in [1.29, 1.82) is 0 Å². The van der Waals surface area contributed by atoms with E-state index >= 15 is 0 Å². The zero-order valence-electron chi connectivity index (χ0n) is 22.5. The average Bonchev–Trinajstić information content (AvgIpc) is 2.93. The second-order valence-electron chi connectivity index (χ2n) is 10.0. The molecule has 1 heterocycles. The molecule has 0 bridgehead atoms. The molecule has 7 heteroatoms. The highest BCUT2D eigenvalue weighted by molar-refractivity contribution is 6.10. The predicted octanol–water partition coefficient (Wildman–Crippen LogP) is 5.72. The van der Waals surface area contributed by atoms with Crippen LogP contribution >= 0.6 is 0 Å². The fourth-order valence-electron chi connectivity index (χ4n) is 5.52. The molecule has 39 heavy (non-hydrogen) atoms. The maximum absolute atomic E-state index is 13.9. The van der Waals surface area contributed by atoms with Crippen molar-refractivity contribution in [2.75, 3.05) is 19.5 Å². The van der Waals surface area contributed by atoms with Gasteiger partial charge in [-0.3, -0.25) is 9.59 Å². The summed E-state index contributed by atoms with van der Waals surface area (Å²) in [7, 11) is 3.19. The van der Waals surface area contributed by atoms with Crippen molar-refractivity contribution in [3.05, 3.63) is 106 Å². The molecule has 0 radical (unpaired) electrons. The zero-order chi connectivity index (χ0) is 27.7. The van der Waals surface area contributed by atoms with Crippen LogP contribution in [0.15, 0.2) is 89.3 Å². The number of phenolic OH excluding ortho intramolecular Hbond substituents is 1. The minimum Gasteiger partial charge on any atom is -0.508 e. The maximum atomic E-state index is 13.9. The summed E-state index contributed by atoms with van der Waals surface area (Å²) in [6, 6.07) is 20.1. The van der Waals surface area contributed by atoms with Gasteiger partial charge in [0, 0.05) is 40.6 Å². The number of hydrogen-bond donors (Lipinski definition) is 3.